The molecule has 27 heavy (non-hydrogen) atoms. The van der Waals surface area contributed by atoms with Gasteiger partial charge < -0.3 is 25.6 Å². The van der Waals surface area contributed by atoms with Gasteiger partial charge in [0, 0.05) is 25.5 Å². The van der Waals surface area contributed by atoms with E-state index in [1.807, 2.05) is 43.4 Å². The molecule has 4 N–H and O–H groups in total. The van der Waals surface area contributed by atoms with Crippen LogP contribution in [0.1, 0.15) is 17.5 Å². The third kappa shape index (κ3) is 14.4. The predicted octanol–water partition coefficient (Wildman–Crippen LogP) is 1.85. The number of carboxylic acid groups (broad SMARTS) is 1. The minimum atomic E-state index is -0.250. The molecule has 0 spiro atoms. The summed E-state index contributed by atoms with van der Waals surface area (Å²) < 4.78 is 4.97. The lowest BCUT2D eigenvalue weighted by molar-refractivity contribution is -0.122. The molecule has 1 aromatic carbocycles. The molecule has 150 valence electrons. The molecule has 1 saturated heterocycles. The highest BCUT2D eigenvalue weighted by atomic mass is 16.5. The van der Waals surface area contributed by atoms with E-state index in [1.165, 1.54) is 11.1 Å². The van der Waals surface area contributed by atoms with Gasteiger partial charge in [-0.1, -0.05) is 17.7 Å². The van der Waals surface area contributed by atoms with Gasteiger partial charge in [-0.15, -0.1) is 0 Å². The minimum absolute atomic E-state index is 0.0648. The number of aliphatic hydroxyl groups excluding tert-OH is 1. The second kappa shape index (κ2) is 17.0. The third-order valence-corrected chi connectivity index (χ3v) is 3.42. The Bertz CT molecular complexity index is 574. The van der Waals surface area contributed by atoms with E-state index in [9.17, 15) is 0 Å². The zero-order valence-electron chi connectivity index (χ0n) is 16.3. The van der Waals surface area contributed by atoms with E-state index in [0.717, 1.165) is 31.8 Å². The van der Waals surface area contributed by atoms with Crippen molar-refractivity contribution in [1.29, 1.82) is 0 Å². The number of aromatic nitrogens is 1. The molecule has 1 aliphatic heterocycles. The average Bonchev–Trinajstić information content (AvgIpc) is 3.16. The molecule has 0 amide bonds. The van der Waals surface area contributed by atoms with Gasteiger partial charge in [0.05, 0.1) is 13.2 Å². The second-order valence-electron chi connectivity index (χ2n) is 5.66. The number of carbonyl (C=O) groups is 1. The summed E-state index contributed by atoms with van der Waals surface area (Å²) >= 11 is 0. The number of pyridine rings is 1. The monoisotopic (exact) mass is 377 g/mol. The first-order valence-electron chi connectivity index (χ1n) is 8.68. The molecule has 1 fully saturated rings. The number of nitrogens with one attached hydrogen (secondary N) is 2. The summed E-state index contributed by atoms with van der Waals surface area (Å²) in [5.74, 6) is 0.917. The Morgan fingerprint density at radius 2 is 1.85 bits per heavy atom. The van der Waals surface area contributed by atoms with Gasteiger partial charge in [0.1, 0.15) is 5.75 Å². The van der Waals surface area contributed by atoms with Crippen molar-refractivity contribution >= 4 is 6.47 Å². The maximum atomic E-state index is 8.67. The van der Waals surface area contributed by atoms with E-state index in [2.05, 4.69) is 22.5 Å². The van der Waals surface area contributed by atoms with Crippen molar-refractivity contribution in [3.05, 3.63) is 59.9 Å². The third-order valence-electron chi connectivity index (χ3n) is 3.42. The van der Waals surface area contributed by atoms with Crippen LogP contribution in [-0.2, 0) is 11.3 Å². The molecule has 0 saturated carbocycles. The maximum absolute atomic E-state index is 8.67. The molecular formula is C20H31N3O4. The molecule has 3 rings (SSSR count). The molecule has 2 aromatic rings. The van der Waals surface area contributed by atoms with Gasteiger partial charge in [-0.05, 0) is 56.8 Å². The zero-order valence-corrected chi connectivity index (χ0v) is 16.3. The lowest BCUT2D eigenvalue weighted by Gasteiger charge is -1.97. The van der Waals surface area contributed by atoms with Gasteiger partial charge >= 0.3 is 0 Å². The minimum Gasteiger partial charge on any atom is -0.497 e. The lowest BCUT2D eigenvalue weighted by atomic mass is 10.2. The molecular weight excluding hydrogens is 346 g/mol. The molecule has 1 aliphatic rings. The maximum Gasteiger partial charge on any atom is 0.290 e. The van der Waals surface area contributed by atoms with Crippen molar-refractivity contribution in [3.8, 4) is 5.75 Å². The number of hydrogen-bond donors (Lipinski definition) is 4. The number of rotatable bonds is 3. The number of hydrogen-bond acceptors (Lipinski definition) is 6. The van der Waals surface area contributed by atoms with Crippen LogP contribution < -0.4 is 15.4 Å². The molecule has 7 heteroatoms. The standard InChI is InChI=1S/C8H10O.C7H10N2.C4H9NO.CH2O2/c1-7-3-5-8(9-2)6-4-7;1-8-6-7-2-4-9-5-3-7;6-4-1-2-5-3-4;2-1-3/h3-6H,1-2H3;2-5,8H,6H2,1H3;4-6H,1-3H2;1H,(H,2,3). The van der Waals surface area contributed by atoms with E-state index >= 15 is 0 Å². The number of nitrogens with zero attached hydrogens (tertiary/aromatic N) is 1. The molecule has 1 aromatic heterocycles. The van der Waals surface area contributed by atoms with Crippen molar-refractivity contribution in [1.82, 2.24) is 15.6 Å². The van der Waals surface area contributed by atoms with Crippen LogP contribution in [0.15, 0.2) is 48.8 Å². The number of aryl methyl sites for hydroxylation is 1. The number of methoxy groups -OCH3 is 1. The molecule has 1 unspecified atom stereocenters. The highest BCUT2D eigenvalue weighted by Crippen LogP contribution is 2.09. The fraction of sp³-hybridized carbons (Fsp3) is 0.400. The second-order valence-corrected chi connectivity index (χ2v) is 5.66. The fourth-order valence-corrected chi connectivity index (χ4v) is 2.02. The van der Waals surface area contributed by atoms with E-state index in [1.54, 1.807) is 19.5 Å². The summed E-state index contributed by atoms with van der Waals surface area (Å²) in [6.07, 6.45) is 4.46. The topological polar surface area (TPSA) is 104 Å². The van der Waals surface area contributed by atoms with Crippen molar-refractivity contribution in [2.75, 3.05) is 27.2 Å². The first-order valence-corrected chi connectivity index (χ1v) is 8.68. The zero-order chi connectivity index (χ0) is 20.3. The number of benzene rings is 1. The van der Waals surface area contributed by atoms with Gasteiger partial charge in [0.15, 0.2) is 0 Å². The predicted molar refractivity (Wildman–Crippen MR) is 107 cm³/mol. The molecule has 2 heterocycles. The molecule has 0 aliphatic carbocycles. The highest BCUT2D eigenvalue weighted by molar-refractivity contribution is 5.32. The SMILES string of the molecule is CNCc1ccncc1.COc1ccc(C)cc1.O=CO.OC1CCNC1. The Hall–Kier alpha value is -2.48. The molecule has 0 bridgehead atoms. The lowest BCUT2D eigenvalue weighted by Crippen LogP contribution is -2.11. The van der Waals surface area contributed by atoms with Crippen LogP contribution in [-0.4, -0.2) is 55.0 Å². The Balaban J connectivity index is 0.000000356. The van der Waals surface area contributed by atoms with Crippen molar-refractivity contribution in [3.63, 3.8) is 0 Å². The Labute approximate surface area is 161 Å². The van der Waals surface area contributed by atoms with Crippen LogP contribution >= 0.6 is 0 Å². The van der Waals surface area contributed by atoms with E-state index in [0.29, 0.717) is 0 Å². The summed E-state index contributed by atoms with van der Waals surface area (Å²) in [4.78, 5) is 12.3. The van der Waals surface area contributed by atoms with E-state index in [-0.39, 0.29) is 12.6 Å². The van der Waals surface area contributed by atoms with Crippen LogP contribution in [0, 0.1) is 6.92 Å². The van der Waals surface area contributed by atoms with Crippen LogP contribution in [0.25, 0.3) is 0 Å². The molecule has 7 nitrogen and oxygen atoms in total. The largest absolute Gasteiger partial charge is 0.497 e. The summed E-state index contributed by atoms with van der Waals surface area (Å²) in [5.41, 5.74) is 2.53. The van der Waals surface area contributed by atoms with Crippen molar-refractivity contribution < 1.29 is 19.7 Å². The first kappa shape index (κ1) is 24.5. The van der Waals surface area contributed by atoms with Crippen LogP contribution in [0.4, 0.5) is 0 Å². The first-order chi connectivity index (χ1) is 13.1. The van der Waals surface area contributed by atoms with Gasteiger partial charge in [0.25, 0.3) is 6.47 Å². The number of ether oxygens (including phenoxy) is 1. The molecule has 1 atom stereocenters. The smallest absolute Gasteiger partial charge is 0.290 e. The van der Waals surface area contributed by atoms with Crippen molar-refractivity contribution in [2.24, 2.45) is 0 Å². The molecule has 0 radical (unpaired) electrons. The van der Waals surface area contributed by atoms with Crippen molar-refractivity contribution in [2.45, 2.75) is 26.0 Å². The van der Waals surface area contributed by atoms with Gasteiger partial charge in [0.2, 0.25) is 0 Å². The Morgan fingerprint density at radius 3 is 2.22 bits per heavy atom. The van der Waals surface area contributed by atoms with Gasteiger partial charge in [-0.2, -0.15) is 0 Å². The Kier molecular flexibility index (Phi) is 15.4. The fourth-order valence-electron chi connectivity index (χ4n) is 2.02. The highest BCUT2D eigenvalue weighted by Gasteiger charge is 2.08. The number of β-amino-alcohol motifs (C(OH)–C–C–N with tert-alkyl or cyclic N) is 1. The van der Waals surface area contributed by atoms with Gasteiger partial charge in [-0.3, -0.25) is 9.78 Å². The quantitative estimate of drug-likeness (QED) is 0.605. The van der Waals surface area contributed by atoms with Crippen LogP contribution in [0.5, 0.6) is 5.75 Å². The van der Waals surface area contributed by atoms with E-state index < -0.39 is 0 Å². The van der Waals surface area contributed by atoms with E-state index in [4.69, 9.17) is 19.7 Å². The van der Waals surface area contributed by atoms with Crippen LogP contribution in [0.3, 0.4) is 0 Å². The number of aliphatic hydroxyl groups is 1. The summed E-state index contributed by atoms with van der Waals surface area (Å²) in [6.45, 7) is 4.50. The van der Waals surface area contributed by atoms with Crippen LogP contribution in [0.2, 0.25) is 0 Å². The summed E-state index contributed by atoms with van der Waals surface area (Å²) in [5, 5.41) is 21.6. The normalized spacial score (nSPS) is 14.3. The average molecular weight is 377 g/mol. The Morgan fingerprint density at radius 1 is 1.26 bits per heavy atom. The summed E-state index contributed by atoms with van der Waals surface area (Å²) in [6, 6.07) is 12.0. The van der Waals surface area contributed by atoms with Gasteiger partial charge in [-0.25, -0.2) is 0 Å². The summed E-state index contributed by atoms with van der Waals surface area (Å²) in [7, 11) is 3.60.